The number of carbonyl (C=O) groups excluding carboxylic acids is 2. The van der Waals surface area contributed by atoms with Crippen molar-refractivity contribution in [1.29, 1.82) is 0 Å². The van der Waals surface area contributed by atoms with Gasteiger partial charge in [-0.25, -0.2) is 0 Å². The molecule has 1 aliphatic carbocycles. The van der Waals surface area contributed by atoms with E-state index in [1.807, 2.05) is 5.32 Å². The number of aliphatic hydroxyl groups is 1. The summed E-state index contributed by atoms with van der Waals surface area (Å²) in [5.41, 5.74) is 3.62. The third-order valence-corrected chi connectivity index (χ3v) is 3.81. The van der Waals surface area contributed by atoms with Gasteiger partial charge in [0.05, 0.1) is 0 Å². The van der Waals surface area contributed by atoms with Crippen LogP contribution in [-0.2, 0) is 4.79 Å². The molecule has 2 amide bonds. The predicted molar refractivity (Wildman–Crippen MR) is 72.1 cm³/mol. The summed E-state index contributed by atoms with van der Waals surface area (Å²) in [6, 6.07) is 4.11. The van der Waals surface area contributed by atoms with Crippen LogP contribution in [0.2, 0.25) is 0 Å². The van der Waals surface area contributed by atoms with E-state index in [4.69, 9.17) is 5.73 Å². The molecule has 114 valence electrons. The number of hydrogen-bond acceptors (Lipinski definition) is 3. The highest BCUT2D eigenvalue weighted by molar-refractivity contribution is 6.00. The van der Waals surface area contributed by atoms with Crippen LogP contribution in [-0.4, -0.2) is 28.4 Å². The SMILES string of the molecule is Cc1ccc(NC(=O)C(F)(F)C2(O)CCC2)cc1C(N)=O. The second-order valence-corrected chi connectivity index (χ2v) is 5.31. The van der Waals surface area contributed by atoms with Crippen LogP contribution in [0.5, 0.6) is 0 Å². The number of primary amides is 1. The molecule has 0 aromatic heterocycles. The normalized spacial score (nSPS) is 17.0. The molecule has 0 atom stereocenters. The standard InChI is InChI=1S/C14H16F2N2O3/c1-8-3-4-9(7-10(8)11(17)19)18-12(20)14(15,16)13(21)5-2-6-13/h3-4,7,21H,2,5-6H2,1H3,(H2,17,19)(H,18,20). The number of amides is 2. The molecule has 0 saturated heterocycles. The van der Waals surface area contributed by atoms with Crippen LogP contribution < -0.4 is 11.1 Å². The van der Waals surface area contributed by atoms with Gasteiger partial charge in [-0.15, -0.1) is 0 Å². The lowest BCUT2D eigenvalue weighted by Gasteiger charge is -2.41. The molecule has 7 heteroatoms. The van der Waals surface area contributed by atoms with Crippen LogP contribution >= 0.6 is 0 Å². The van der Waals surface area contributed by atoms with Gasteiger partial charge < -0.3 is 16.2 Å². The van der Waals surface area contributed by atoms with E-state index in [2.05, 4.69) is 0 Å². The van der Waals surface area contributed by atoms with E-state index in [1.165, 1.54) is 18.2 Å². The van der Waals surface area contributed by atoms with Crippen LogP contribution in [0.15, 0.2) is 18.2 Å². The van der Waals surface area contributed by atoms with E-state index in [9.17, 15) is 23.5 Å². The zero-order valence-corrected chi connectivity index (χ0v) is 11.5. The van der Waals surface area contributed by atoms with Crippen LogP contribution in [0.4, 0.5) is 14.5 Å². The molecule has 0 bridgehead atoms. The maximum absolute atomic E-state index is 13.9. The van der Waals surface area contributed by atoms with Gasteiger partial charge in [-0.3, -0.25) is 9.59 Å². The van der Waals surface area contributed by atoms with Crippen LogP contribution in [0.3, 0.4) is 0 Å². The number of benzene rings is 1. The summed E-state index contributed by atoms with van der Waals surface area (Å²) < 4.78 is 27.8. The topological polar surface area (TPSA) is 92.4 Å². The van der Waals surface area contributed by atoms with E-state index in [0.29, 0.717) is 12.0 Å². The highest BCUT2D eigenvalue weighted by atomic mass is 19.3. The van der Waals surface area contributed by atoms with Gasteiger partial charge in [0, 0.05) is 11.3 Å². The molecule has 1 fully saturated rings. The average Bonchev–Trinajstić information content (AvgIpc) is 2.37. The van der Waals surface area contributed by atoms with E-state index in [0.717, 1.165) is 0 Å². The van der Waals surface area contributed by atoms with E-state index in [1.54, 1.807) is 6.92 Å². The van der Waals surface area contributed by atoms with E-state index in [-0.39, 0.29) is 24.1 Å². The number of rotatable bonds is 4. The van der Waals surface area contributed by atoms with E-state index >= 15 is 0 Å². The molecule has 0 unspecified atom stereocenters. The predicted octanol–water partition coefficient (Wildman–Crippen LogP) is 1.58. The molecule has 1 aromatic carbocycles. The summed E-state index contributed by atoms with van der Waals surface area (Å²) in [6.45, 7) is 1.64. The Labute approximate surface area is 120 Å². The maximum Gasteiger partial charge on any atom is 0.352 e. The monoisotopic (exact) mass is 298 g/mol. The Bertz CT molecular complexity index is 598. The molecule has 0 spiro atoms. The summed E-state index contributed by atoms with van der Waals surface area (Å²) >= 11 is 0. The van der Waals surface area contributed by atoms with Crippen molar-refractivity contribution < 1.29 is 23.5 Å². The number of halogens is 2. The Hall–Kier alpha value is -2.02. The van der Waals surface area contributed by atoms with Crippen LogP contribution in [0, 0.1) is 6.92 Å². The van der Waals surface area contributed by atoms with Gasteiger partial charge in [0.2, 0.25) is 5.91 Å². The third-order valence-electron chi connectivity index (χ3n) is 3.81. The Morgan fingerprint density at radius 1 is 1.38 bits per heavy atom. The number of carbonyl (C=O) groups is 2. The summed E-state index contributed by atoms with van der Waals surface area (Å²) in [6.07, 6.45) is 0.220. The van der Waals surface area contributed by atoms with Crippen molar-refractivity contribution in [1.82, 2.24) is 0 Å². The lowest BCUT2D eigenvalue weighted by Crippen LogP contribution is -2.59. The van der Waals surface area contributed by atoms with Crippen molar-refractivity contribution in [2.75, 3.05) is 5.32 Å². The molecule has 2 rings (SSSR count). The molecule has 1 saturated carbocycles. The molecule has 0 aliphatic heterocycles. The zero-order chi connectivity index (χ0) is 15.8. The van der Waals surface area contributed by atoms with Crippen molar-refractivity contribution in [3.05, 3.63) is 29.3 Å². The molecule has 1 aliphatic rings. The third kappa shape index (κ3) is 2.61. The molecular formula is C14H16F2N2O3. The number of nitrogens with one attached hydrogen (secondary N) is 1. The first kappa shape index (κ1) is 15.4. The van der Waals surface area contributed by atoms with E-state index < -0.39 is 23.3 Å². The fraction of sp³-hybridized carbons (Fsp3) is 0.429. The van der Waals surface area contributed by atoms with Crippen molar-refractivity contribution >= 4 is 17.5 Å². The molecule has 0 heterocycles. The molecule has 1 aromatic rings. The minimum Gasteiger partial charge on any atom is -0.383 e. The van der Waals surface area contributed by atoms with Crippen molar-refractivity contribution in [3.8, 4) is 0 Å². The maximum atomic E-state index is 13.9. The van der Waals surface area contributed by atoms with Gasteiger partial charge in [0.25, 0.3) is 5.91 Å². The second-order valence-electron chi connectivity index (χ2n) is 5.31. The number of hydrogen-bond donors (Lipinski definition) is 3. The summed E-state index contributed by atoms with van der Waals surface area (Å²) in [4.78, 5) is 22.9. The van der Waals surface area contributed by atoms with Crippen molar-refractivity contribution in [3.63, 3.8) is 0 Å². The largest absolute Gasteiger partial charge is 0.383 e. The van der Waals surface area contributed by atoms with Gasteiger partial charge in [0.15, 0.2) is 0 Å². The molecule has 0 radical (unpaired) electrons. The number of anilines is 1. The van der Waals surface area contributed by atoms with Crippen molar-refractivity contribution in [2.45, 2.75) is 37.7 Å². The highest BCUT2D eigenvalue weighted by Crippen LogP contribution is 2.44. The lowest BCUT2D eigenvalue weighted by molar-refractivity contribution is -0.212. The first-order valence-corrected chi connectivity index (χ1v) is 6.49. The number of aryl methyl sites for hydroxylation is 1. The first-order valence-electron chi connectivity index (χ1n) is 6.49. The Morgan fingerprint density at radius 3 is 2.48 bits per heavy atom. The summed E-state index contributed by atoms with van der Waals surface area (Å²) in [5.74, 6) is -6.19. The highest BCUT2D eigenvalue weighted by Gasteiger charge is 2.61. The molecule has 4 N–H and O–H groups in total. The Morgan fingerprint density at radius 2 is 2.00 bits per heavy atom. The van der Waals surface area contributed by atoms with Gasteiger partial charge in [-0.2, -0.15) is 8.78 Å². The average molecular weight is 298 g/mol. The zero-order valence-electron chi connectivity index (χ0n) is 11.5. The summed E-state index contributed by atoms with van der Waals surface area (Å²) in [5, 5.41) is 11.7. The minimum absolute atomic E-state index is 0.0296. The van der Waals surface area contributed by atoms with Crippen molar-refractivity contribution in [2.24, 2.45) is 5.73 Å². The van der Waals surface area contributed by atoms with Gasteiger partial charge in [-0.1, -0.05) is 6.07 Å². The molecular weight excluding hydrogens is 282 g/mol. The lowest BCUT2D eigenvalue weighted by atomic mass is 9.75. The van der Waals surface area contributed by atoms with Gasteiger partial charge >= 0.3 is 5.92 Å². The first-order chi connectivity index (χ1) is 9.67. The number of alkyl halides is 2. The van der Waals surface area contributed by atoms with Crippen LogP contribution in [0.1, 0.15) is 35.2 Å². The summed E-state index contributed by atoms with van der Waals surface area (Å²) in [7, 11) is 0. The molecule has 21 heavy (non-hydrogen) atoms. The Balaban J connectivity index is 2.20. The molecule has 5 nitrogen and oxygen atoms in total. The minimum atomic E-state index is -3.89. The second kappa shape index (κ2) is 5.07. The Kier molecular flexibility index (Phi) is 3.71. The quantitative estimate of drug-likeness (QED) is 0.788. The fourth-order valence-corrected chi connectivity index (χ4v) is 2.21. The van der Waals surface area contributed by atoms with Crippen LogP contribution in [0.25, 0.3) is 0 Å². The number of nitrogens with two attached hydrogens (primary N) is 1. The fourth-order valence-electron chi connectivity index (χ4n) is 2.21. The van der Waals surface area contributed by atoms with Gasteiger partial charge in [0.1, 0.15) is 5.60 Å². The van der Waals surface area contributed by atoms with Gasteiger partial charge in [-0.05, 0) is 43.9 Å². The smallest absolute Gasteiger partial charge is 0.352 e.